The number of aromatic nitrogens is 2. The van der Waals surface area contributed by atoms with Gasteiger partial charge in [0, 0.05) is 31.5 Å². The first-order valence-corrected chi connectivity index (χ1v) is 9.15. The lowest BCUT2D eigenvalue weighted by Gasteiger charge is -2.27. The molecule has 0 aliphatic heterocycles. The molecular weight excluding hydrogens is 358 g/mol. The van der Waals surface area contributed by atoms with Gasteiger partial charge in [-0.15, -0.1) is 0 Å². The quantitative estimate of drug-likeness (QED) is 0.702. The predicted molar refractivity (Wildman–Crippen MR) is 107 cm³/mol. The Labute approximate surface area is 166 Å². The summed E-state index contributed by atoms with van der Waals surface area (Å²) in [6, 6.07) is 8.98. The maximum absolute atomic E-state index is 12.5. The van der Waals surface area contributed by atoms with Crippen molar-refractivity contribution in [3.63, 3.8) is 0 Å². The number of likely N-dealkylation sites (N-methyl/N-ethyl adjacent to an activating group) is 2. The molecule has 0 bridgehead atoms. The van der Waals surface area contributed by atoms with Gasteiger partial charge in [0.15, 0.2) is 0 Å². The molecule has 152 valence electrons. The summed E-state index contributed by atoms with van der Waals surface area (Å²) < 4.78 is 7.01. The topological polar surface area (TPSA) is 79.7 Å². The fourth-order valence-electron chi connectivity index (χ4n) is 3.01. The zero-order valence-electron chi connectivity index (χ0n) is 17.1. The Morgan fingerprint density at radius 1 is 1.21 bits per heavy atom. The number of benzene rings is 1. The minimum atomic E-state index is -0.462. The molecule has 2 aromatic rings. The number of nitrogens with one attached hydrogen (secondary N) is 1. The van der Waals surface area contributed by atoms with Crippen LogP contribution in [0, 0.1) is 0 Å². The van der Waals surface area contributed by atoms with Crippen molar-refractivity contribution >= 4 is 11.8 Å². The van der Waals surface area contributed by atoms with Gasteiger partial charge < -0.3 is 19.9 Å². The number of carbonyl (C=O) groups excluding carboxylic acids is 2. The number of para-hydroxylation sites is 1. The molecule has 2 amide bonds. The lowest BCUT2D eigenvalue weighted by atomic mass is 10.0. The molecule has 0 fully saturated rings. The largest absolute Gasteiger partial charge is 0.496 e. The zero-order chi connectivity index (χ0) is 20.7. The fourth-order valence-corrected chi connectivity index (χ4v) is 3.01. The van der Waals surface area contributed by atoms with Crippen molar-refractivity contribution in [2.45, 2.75) is 19.0 Å². The van der Waals surface area contributed by atoms with Crippen LogP contribution in [-0.4, -0.2) is 72.7 Å². The van der Waals surface area contributed by atoms with E-state index < -0.39 is 6.04 Å². The van der Waals surface area contributed by atoms with Gasteiger partial charge in [0.1, 0.15) is 11.8 Å². The van der Waals surface area contributed by atoms with Crippen LogP contribution < -0.4 is 10.1 Å². The summed E-state index contributed by atoms with van der Waals surface area (Å²) in [5.41, 5.74) is 0.993. The maximum Gasteiger partial charge on any atom is 0.247 e. The van der Waals surface area contributed by atoms with E-state index in [0.29, 0.717) is 6.54 Å². The number of nitrogens with zero attached hydrogens (tertiary/aromatic N) is 4. The molecule has 0 radical (unpaired) electrons. The van der Waals surface area contributed by atoms with Gasteiger partial charge in [0.25, 0.3) is 0 Å². The number of hydrogen-bond acceptors (Lipinski definition) is 5. The van der Waals surface area contributed by atoms with E-state index in [0.717, 1.165) is 11.3 Å². The molecule has 8 heteroatoms. The third kappa shape index (κ3) is 5.32. The van der Waals surface area contributed by atoms with Gasteiger partial charge in [-0.3, -0.25) is 14.3 Å². The normalized spacial score (nSPS) is 13.1. The average Bonchev–Trinajstić information content (AvgIpc) is 3.21. The Balaban J connectivity index is 1.95. The molecule has 8 nitrogen and oxygen atoms in total. The fraction of sp³-hybridized carbons (Fsp3) is 0.450. The molecule has 0 spiro atoms. The van der Waals surface area contributed by atoms with Gasteiger partial charge in [-0.25, -0.2) is 0 Å². The molecule has 1 aromatic heterocycles. The van der Waals surface area contributed by atoms with E-state index in [4.69, 9.17) is 4.74 Å². The highest BCUT2D eigenvalue weighted by Crippen LogP contribution is 2.27. The molecule has 0 saturated carbocycles. The average molecular weight is 387 g/mol. The van der Waals surface area contributed by atoms with Crippen molar-refractivity contribution in [3.8, 4) is 5.75 Å². The smallest absolute Gasteiger partial charge is 0.247 e. The van der Waals surface area contributed by atoms with Crippen molar-refractivity contribution in [1.29, 1.82) is 0 Å². The molecule has 1 N–H and O–H groups in total. The summed E-state index contributed by atoms with van der Waals surface area (Å²) in [6.45, 7) is 2.15. The molecule has 28 heavy (non-hydrogen) atoms. The third-order valence-corrected chi connectivity index (χ3v) is 4.65. The number of amides is 2. The van der Waals surface area contributed by atoms with Crippen molar-refractivity contribution in [1.82, 2.24) is 24.9 Å². The van der Waals surface area contributed by atoms with E-state index in [9.17, 15) is 9.59 Å². The summed E-state index contributed by atoms with van der Waals surface area (Å²) in [5, 5.41) is 7.00. The maximum atomic E-state index is 12.5. The number of ether oxygens (including phenoxy) is 1. The molecule has 2 rings (SSSR count). The standard InChI is InChI=1S/C20H29N5O3/c1-15(25-12-8-11-22-25)20(27)24(4)14-19(26)21-13-17(23(2)3)16-9-6-7-10-18(16)28-5/h6-12,15,17H,13-14H2,1-5H3,(H,21,26). The second-order valence-corrected chi connectivity index (χ2v) is 6.88. The summed E-state index contributed by atoms with van der Waals surface area (Å²) in [6.07, 6.45) is 3.35. The summed E-state index contributed by atoms with van der Waals surface area (Å²) in [4.78, 5) is 28.3. The van der Waals surface area contributed by atoms with Gasteiger partial charge in [0.2, 0.25) is 11.8 Å². The predicted octanol–water partition coefficient (Wildman–Crippen LogP) is 1.33. The first-order valence-electron chi connectivity index (χ1n) is 9.15. The highest BCUT2D eigenvalue weighted by atomic mass is 16.5. The van der Waals surface area contributed by atoms with Gasteiger partial charge in [0.05, 0.1) is 19.7 Å². The Morgan fingerprint density at radius 3 is 2.54 bits per heavy atom. The van der Waals surface area contributed by atoms with Gasteiger partial charge in [-0.1, -0.05) is 18.2 Å². The Morgan fingerprint density at radius 2 is 1.93 bits per heavy atom. The Hall–Kier alpha value is -2.87. The number of rotatable bonds is 9. The third-order valence-electron chi connectivity index (χ3n) is 4.65. The van der Waals surface area contributed by atoms with E-state index in [1.807, 2.05) is 43.3 Å². The monoisotopic (exact) mass is 387 g/mol. The first-order chi connectivity index (χ1) is 13.3. The second kappa shape index (κ2) is 9.89. The van der Waals surface area contributed by atoms with Crippen molar-refractivity contribution < 1.29 is 14.3 Å². The molecule has 2 atom stereocenters. The van der Waals surface area contributed by atoms with Crippen molar-refractivity contribution in [2.75, 3.05) is 41.3 Å². The van der Waals surface area contributed by atoms with Crippen LogP contribution in [0.1, 0.15) is 24.6 Å². The van der Waals surface area contributed by atoms with Crippen LogP contribution >= 0.6 is 0 Å². The highest BCUT2D eigenvalue weighted by molar-refractivity contribution is 5.86. The van der Waals surface area contributed by atoms with Crippen LogP contribution in [0.3, 0.4) is 0 Å². The summed E-state index contributed by atoms with van der Waals surface area (Å²) in [7, 11) is 7.15. The Kier molecular flexibility index (Phi) is 7.57. The van der Waals surface area contributed by atoms with Crippen LogP contribution in [0.4, 0.5) is 0 Å². The van der Waals surface area contributed by atoms with Crippen LogP contribution in [0.25, 0.3) is 0 Å². The van der Waals surface area contributed by atoms with Crippen LogP contribution in [0.5, 0.6) is 5.75 Å². The van der Waals surface area contributed by atoms with E-state index in [-0.39, 0.29) is 24.4 Å². The molecule has 0 aliphatic rings. The van der Waals surface area contributed by atoms with Gasteiger partial charge in [-0.05, 0) is 33.2 Å². The van der Waals surface area contributed by atoms with Crippen LogP contribution in [-0.2, 0) is 9.59 Å². The number of carbonyl (C=O) groups is 2. The van der Waals surface area contributed by atoms with Crippen molar-refractivity contribution in [2.24, 2.45) is 0 Å². The summed E-state index contributed by atoms with van der Waals surface area (Å²) >= 11 is 0. The van der Waals surface area contributed by atoms with E-state index in [1.165, 1.54) is 4.90 Å². The van der Waals surface area contributed by atoms with E-state index in [2.05, 4.69) is 10.4 Å². The molecule has 1 aromatic carbocycles. The molecular formula is C20H29N5O3. The summed E-state index contributed by atoms with van der Waals surface area (Å²) in [5.74, 6) is 0.383. The van der Waals surface area contributed by atoms with Crippen molar-refractivity contribution in [3.05, 3.63) is 48.3 Å². The second-order valence-electron chi connectivity index (χ2n) is 6.88. The lowest BCUT2D eigenvalue weighted by molar-refractivity contribution is -0.137. The van der Waals surface area contributed by atoms with Gasteiger partial charge >= 0.3 is 0 Å². The zero-order valence-corrected chi connectivity index (χ0v) is 17.1. The SMILES string of the molecule is COc1ccccc1C(CNC(=O)CN(C)C(=O)C(C)n1cccn1)N(C)C. The van der Waals surface area contributed by atoms with Crippen LogP contribution in [0.2, 0.25) is 0 Å². The number of hydrogen-bond donors (Lipinski definition) is 1. The molecule has 0 aliphatic carbocycles. The van der Waals surface area contributed by atoms with E-state index >= 15 is 0 Å². The van der Waals surface area contributed by atoms with Crippen LogP contribution in [0.15, 0.2) is 42.7 Å². The molecule has 2 unspecified atom stereocenters. The van der Waals surface area contributed by atoms with Gasteiger partial charge in [-0.2, -0.15) is 5.10 Å². The minimum absolute atomic E-state index is 0.0173. The molecule has 0 saturated heterocycles. The van der Waals surface area contributed by atoms with E-state index in [1.54, 1.807) is 44.2 Å². The molecule has 1 heterocycles. The number of methoxy groups -OCH3 is 1. The lowest BCUT2D eigenvalue weighted by Crippen LogP contribution is -2.43. The minimum Gasteiger partial charge on any atom is -0.496 e. The highest BCUT2D eigenvalue weighted by Gasteiger charge is 2.23. The Bertz CT molecular complexity index is 776. The first kappa shape index (κ1) is 21.4.